The molecule has 1 aliphatic carbocycles. The highest BCUT2D eigenvalue weighted by atomic mass is 19.1. The number of ether oxygens (including phenoxy) is 1. The molecule has 1 saturated heterocycles. The molecule has 2 aromatic heterocycles. The van der Waals surface area contributed by atoms with E-state index in [9.17, 15) is 4.39 Å². The highest BCUT2D eigenvalue weighted by Gasteiger charge is 2.28. The minimum atomic E-state index is -0.437. The van der Waals surface area contributed by atoms with Crippen LogP contribution in [0.3, 0.4) is 0 Å². The quantitative estimate of drug-likeness (QED) is 0.627. The van der Waals surface area contributed by atoms with Gasteiger partial charge < -0.3 is 20.1 Å². The lowest BCUT2D eigenvalue weighted by Gasteiger charge is -2.33. The fourth-order valence-corrected chi connectivity index (χ4v) is 3.89. The summed E-state index contributed by atoms with van der Waals surface area (Å²) in [5.41, 5.74) is 3.09. The van der Waals surface area contributed by atoms with Gasteiger partial charge in [-0.2, -0.15) is 0 Å². The van der Waals surface area contributed by atoms with E-state index in [1.807, 2.05) is 13.0 Å². The van der Waals surface area contributed by atoms with Crippen LogP contribution in [0, 0.1) is 12.7 Å². The molecule has 3 aromatic rings. The third-order valence-corrected chi connectivity index (χ3v) is 5.80. The van der Waals surface area contributed by atoms with Crippen molar-refractivity contribution in [3.05, 3.63) is 47.5 Å². The summed E-state index contributed by atoms with van der Waals surface area (Å²) < 4.78 is 20.1. The molecule has 1 aliphatic heterocycles. The molecule has 2 N–H and O–H groups in total. The van der Waals surface area contributed by atoms with Crippen LogP contribution in [0.5, 0.6) is 5.75 Å². The summed E-state index contributed by atoms with van der Waals surface area (Å²) >= 11 is 0. The maximum Gasteiger partial charge on any atom is 0.172 e. The summed E-state index contributed by atoms with van der Waals surface area (Å²) in [4.78, 5) is 16.3. The van der Waals surface area contributed by atoms with Crippen LogP contribution >= 0.6 is 0 Å². The van der Waals surface area contributed by atoms with Gasteiger partial charge in [0.25, 0.3) is 0 Å². The lowest BCUT2D eigenvalue weighted by Crippen LogP contribution is -2.39. The van der Waals surface area contributed by atoms with E-state index in [0.717, 1.165) is 67.1 Å². The Bertz CT molecular complexity index is 1100. The molecule has 0 atom stereocenters. The lowest BCUT2D eigenvalue weighted by molar-refractivity contribution is 0.163. The maximum absolute atomic E-state index is 14.2. The molecule has 8 heteroatoms. The predicted molar refractivity (Wildman–Crippen MR) is 117 cm³/mol. The number of rotatable bonds is 6. The Morgan fingerprint density at radius 2 is 1.94 bits per heavy atom. The van der Waals surface area contributed by atoms with E-state index in [1.54, 1.807) is 18.3 Å². The van der Waals surface area contributed by atoms with Crippen LogP contribution in [0.4, 0.5) is 16.0 Å². The molecule has 7 nitrogen and oxygen atoms in total. The van der Waals surface area contributed by atoms with Crippen molar-refractivity contribution < 1.29 is 14.2 Å². The average Bonchev–Trinajstić information content (AvgIpc) is 3.59. The topological polar surface area (TPSA) is 83.4 Å². The smallest absolute Gasteiger partial charge is 0.172 e. The number of piperidine rings is 1. The van der Waals surface area contributed by atoms with Crippen LogP contribution in [0.15, 0.2) is 30.5 Å². The van der Waals surface area contributed by atoms with Gasteiger partial charge in [0.1, 0.15) is 11.6 Å². The van der Waals surface area contributed by atoms with Gasteiger partial charge in [0.05, 0.1) is 18.3 Å². The molecule has 0 unspecified atom stereocenters. The summed E-state index contributed by atoms with van der Waals surface area (Å²) in [6, 6.07) is 7.03. The van der Waals surface area contributed by atoms with Gasteiger partial charge in [0, 0.05) is 37.7 Å². The van der Waals surface area contributed by atoms with Crippen molar-refractivity contribution in [1.29, 1.82) is 0 Å². The van der Waals surface area contributed by atoms with Crippen LogP contribution in [0.2, 0.25) is 0 Å². The first-order valence-electron chi connectivity index (χ1n) is 10.8. The molecule has 2 fully saturated rings. The van der Waals surface area contributed by atoms with Crippen LogP contribution < -0.4 is 15.0 Å². The number of halogens is 1. The molecule has 1 saturated carbocycles. The normalized spacial score (nSPS) is 17.2. The Labute approximate surface area is 180 Å². The minimum Gasteiger partial charge on any atom is -0.487 e. The molecule has 3 heterocycles. The molecular weight excluding hydrogens is 397 g/mol. The van der Waals surface area contributed by atoms with Crippen molar-refractivity contribution in [2.24, 2.45) is 0 Å². The van der Waals surface area contributed by atoms with E-state index >= 15 is 0 Å². The summed E-state index contributed by atoms with van der Waals surface area (Å²) in [6.45, 7) is 3.27. The number of pyridine rings is 1. The molecule has 0 bridgehead atoms. The SMILES string of the molecule is Cc1cc2nc(NC3CC3)c(N3CCC(Oc4ccc(CO)cc4F)CC3)nc2cn1. The predicted octanol–water partition coefficient (Wildman–Crippen LogP) is 3.59. The van der Waals surface area contributed by atoms with Gasteiger partial charge in [-0.25, -0.2) is 14.4 Å². The zero-order chi connectivity index (χ0) is 21.4. The van der Waals surface area contributed by atoms with Gasteiger partial charge in [0.15, 0.2) is 23.2 Å². The Kier molecular flexibility index (Phi) is 5.31. The third-order valence-electron chi connectivity index (χ3n) is 5.80. The second-order valence-corrected chi connectivity index (χ2v) is 8.36. The zero-order valence-electron chi connectivity index (χ0n) is 17.5. The van der Waals surface area contributed by atoms with Crippen LogP contribution in [-0.4, -0.2) is 45.3 Å². The first-order valence-corrected chi connectivity index (χ1v) is 10.8. The summed E-state index contributed by atoms with van der Waals surface area (Å²) in [5, 5.41) is 12.7. The van der Waals surface area contributed by atoms with E-state index < -0.39 is 5.82 Å². The van der Waals surface area contributed by atoms with Gasteiger partial charge in [-0.15, -0.1) is 0 Å². The van der Waals surface area contributed by atoms with Crippen molar-refractivity contribution in [3.8, 4) is 5.75 Å². The number of aliphatic hydroxyl groups is 1. The number of nitrogens with one attached hydrogen (secondary N) is 1. The molecule has 2 aliphatic rings. The van der Waals surface area contributed by atoms with Crippen molar-refractivity contribution in [2.45, 2.75) is 51.4 Å². The van der Waals surface area contributed by atoms with E-state index in [-0.39, 0.29) is 18.5 Å². The standard InChI is InChI=1S/C23H26FN5O2/c1-14-10-19-20(12-25-14)28-23(22(27-19)26-16-3-4-16)29-8-6-17(7-9-29)31-21-5-2-15(13-30)11-18(21)24/h2,5,10-12,16-17,30H,3-4,6-9,13H2,1H3,(H,26,27). The van der Waals surface area contributed by atoms with Gasteiger partial charge in [-0.05, 0) is 43.5 Å². The number of aromatic nitrogens is 3. The van der Waals surface area contributed by atoms with E-state index in [1.165, 1.54) is 6.07 Å². The fraction of sp³-hybridized carbons (Fsp3) is 0.435. The molecule has 162 valence electrons. The van der Waals surface area contributed by atoms with Crippen molar-refractivity contribution in [2.75, 3.05) is 23.3 Å². The van der Waals surface area contributed by atoms with Crippen molar-refractivity contribution >= 4 is 22.7 Å². The molecule has 0 spiro atoms. The number of nitrogens with zero attached hydrogens (tertiary/aromatic N) is 4. The molecular formula is C23H26FN5O2. The number of hydrogen-bond acceptors (Lipinski definition) is 7. The van der Waals surface area contributed by atoms with Crippen molar-refractivity contribution in [3.63, 3.8) is 0 Å². The third kappa shape index (κ3) is 4.39. The number of benzene rings is 1. The second-order valence-electron chi connectivity index (χ2n) is 8.36. The number of anilines is 2. The lowest BCUT2D eigenvalue weighted by atomic mass is 10.1. The number of fused-ring (bicyclic) bond motifs is 1. The highest BCUT2D eigenvalue weighted by molar-refractivity contribution is 5.80. The summed E-state index contributed by atoms with van der Waals surface area (Å²) in [7, 11) is 0. The molecule has 31 heavy (non-hydrogen) atoms. The largest absolute Gasteiger partial charge is 0.487 e. The molecule has 0 radical (unpaired) electrons. The summed E-state index contributed by atoms with van der Waals surface area (Å²) in [6.07, 6.45) is 5.54. The Morgan fingerprint density at radius 1 is 1.13 bits per heavy atom. The monoisotopic (exact) mass is 423 g/mol. The zero-order valence-corrected chi connectivity index (χ0v) is 17.5. The first-order chi connectivity index (χ1) is 15.1. The Balaban J connectivity index is 1.32. The average molecular weight is 423 g/mol. The van der Waals surface area contributed by atoms with E-state index in [4.69, 9.17) is 19.8 Å². The highest BCUT2D eigenvalue weighted by Crippen LogP contribution is 2.33. The Morgan fingerprint density at radius 3 is 2.65 bits per heavy atom. The van der Waals surface area contributed by atoms with E-state index in [2.05, 4.69) is 15.2 Å². The number of aliphatic hydroxyl groups excluding tert-OH is 1. The van der Waals surface area contributed by atoms with E-state index in [0.29, 0.717) is 11.6 Å². The van der Waals surface area contributed by atoms with Crippen molar-refractivity contribution in [1.82, 2.24) is 15.0 Å². The number of hydrogen-bond donors (Lipinski definition) is 2. The minimum absolute atomic E-state index is 0.0664. The van der Waals surface area contributed by atoms with Crippen LogP contribution in [0.1, 0.15) is 36.9 Å². The fourth-order valence-electron chi connectivity index (χ4n) is 3.89. The molecule has 0 amide bonds. The van der Waals surface area contributed by atoms with Gasteiger partial charge in [-0.3, -0.25) is 4.98 Å². The first kappa shape index (κ1) is 19.9. The maximum atomic E-state index is 14.2. The van der Waals surface area contributed by atoms with Crippen LogP contribution in [-0.2, 0) is 6.61 Å². The Hall–Kier alpha value is -3.00. The van der Waals surface area contributed by atoms with Gasteiger partial charge in [0.2, 0.25) is 0 Å². The number of aryl methyl sites for hydroxylation is 1. The van der Waals surface area contributed by atoms with Gasteiger partial charge >= 0.3 is 0 Å². The summed E-state index contributed by atoms with van der Waals surface area (Å²) in [5.74, 6) is 1.47. The van der Waals surface area contributed by atoms with Crippen LogP contribution in [0.25, 0.3) is 11.0 Å². The van der Waals surface area contributed by atoms with Gasteiger partial charge in [-0.1, -0.05) is 6.07 Å². The second kappa shape index (κ2) is 8.26. The molecule has 5 rings (SSSR count). The molecule has 1 aromatic carbocycles.